The summed E-state index contributed by atoms with van der Waals surface area (Å²) in [5, 5.41) is 2.55. The first-order valence-electron chi connectivity index (χ1n) is 5.46. The number of benzene rings is 1. The summed E-state index contributed by atoms with van der Waals surface area (Å²) < 4.78 is 0. The first-order valence-corrected chi connectivity index (χ1v) is 5.46. The highest BCUT2D eigenvalue weighted by atomic mass is 16.1. The van der Waals surface area contributed by atoms with Gasteiger partial charge in [0.1, 0.15) is 5.69 Å². The Morgan fingerprint density at radius 3 is 2.59 bits per heavy atom. The maximum absolute atomic E-state index is 11.3. The first-order chi connectivity index (χ1) is 8.20. The largest absolute Gasteiger partial charge is 0.354 e. The first kappa shape index (κ1) is 11.3. The molecule has 0 aliphatic rings. The molecule has 0 fully saturated rings. The molecule has 3 heteroatoms. The Hall–Kier alpha value is -2.16. The van der Waals surface area contributed by atoms with Crippen LogP contribution in [0.1, 0.15) is 16.1 Å². The third-order valence-electron chi connectivity index (χ3n) is 2.57. The van der Waals surface area contributed by atoms with E-state index in [0.717, 1.165) is 11.1 Å². The van der Waals surface area contributed by atoms with Crippen molar-refractivity contribution >= 4 is 5.91 Å². The molecule has 1 aromatic heterocycles. The average molecular weight is 226 g/mol. The zero-order valence-electron chi connectivity index (χ0n) is 9.90. The van der Waals surface area contributed by atoms with Crippen molar-refractivity contribution in [2.75, 3.05) is 7.05 Å². The third-order valence-corrected chi connectivity index (χ3v) is 2.57. The van der Waals surface area contributed by atoms with Crippen molar-refractivity contribution in [3.63, 3.8) is 0 Å². The summed E-state index contributed by atoms with van der Waals surface area (Å²) in [5.74, 6) is -0.166. The maximum Gasteiger partial charge on any atom is 0.269 e. The van der Waals surface area contributed by atoms with Gasteiger partial charge in [-0.2, -0.15) is 0 Å². The van der Waals surface area contributed by atoms with Crippen LogP contribution < -0.4 is 5.32 Å². The Bertz CT molecular complexity index is 532. The van der Waals surface area contributed by atoms with Crippen molar-refractivity contribution < 1.29 is 4.79 Å². The van der Waals surface area contributed by atoms with Crippen molar-refractivity contribution in [2.45, 2.75) is 6.92 Å². The van der Waals surface area contributed by atoms with E-state index >= 15 is 0 Å². The number of nitrogens with zero attached hydrogens (tertiary/aromatic N) is 1. The molecule has 1 heterocycles. The van der Waals surface area contributed by atoms with Crippen molar-refractivity contribution in [3.8, 4) is 11.1 Å². The molecule has 0 aliphatic carbocycles. The van der Waals surface area contributed by atoms with Gasteiger partial charge >= 0.3 is 0 Å². The van der Waals surface area contributed by atoms with Gasteiger partial charge in [-0.25, -0.2) is 0 Å². The van der Waals surface area contributed by atoms with Gasteiger partial charge in [0, 0.05) is 18.8 Å². The van der Waals surface area contributed by atoms with Crippen LogP contribution in [0.2, 0.25) is 0 Å². The molecular formula is C14H14N2O. The number of amides is 1. The van der Waals surface area contributed by atoms with Crippen LogP contribution in [-0.2, 0) is 0 Å². The van der Waals surface area contributed by atoms with E-state index < -0.39 is 0 Å². The van der Waals surface area contributed by atoms with E-state index in [4.69, 9.17) is 0 Å². The molecule has 0 saturated heterocycles. The van der Waals surface area contributed by atoms with Crippen molar-refractivity contribution in [1.29, 1.82) is 0 Å². The van der Waals surface area contributed by atoms with Crippen LogP contribution >= 0.6 is 0 Å². The Morgan fingerprint density at radius 1 is 1.18 bits per heavy atom. The molecule has 1 amide bonds. The molecule has 2 aromatic rings. The minimum atomic E-state index is -0.166. The highest BCUT2D eigenvalue weighted by Crippen LogP contribution is 2.19. The predicted octanol–water partition coefficient (Wildman–Crippen LogP) is 2.42. The lowest BCUT2D eigenvalue weighted by Crippen LogP contribution is -2.18. The van der Waals surface area contributed by atoms with Gasteiger partial charge < -0.3 is 5.32 Å². The highest BCUT2D eigenvalue weighted by Gasteiger charge is 2.04. The van der Waals surface area contributed by atoms with Gasteiger partial charge in [-0.05, 0) is 18.6 Å². The molecule has 0 atom stereocenters. The second-order valence-electron chi connectivity index (χ2n) is 3.88. The summed E-state index contributed by atoms with van der Waals surface area (Å²) in [6, 6.07) is 11.8. The molecule has 0 saturated carbocycles. The predicted molar refractivity (Wildman–Crippen MR) is 67.8 cm³/mol. The summed E-state index contributed by atoms with van der Waals surface area (Å²) in [7, 11) is 1.60. The normalized spacial score (nSPS) is 10.0. The highest BCUT2D eigenvalue weighted by molar-refractivity contribution is 5.92. The quantitative estimate of drug-likeness (QED) is 0.854. The van der Waals surface area contributed by atoms with Gasteiger partial charge in [-0.15, -0.1) is 0 Å². The molecule has 86 valence electrons. The molecule has 1 N–H and O–H groups in total. The summed E-state index contributed by atoms with van der Waals surface area (Å²) in [4.78, 5) is 15.5. The van der Waals surface area contributed by atoms with Crippen LogP contribution in [-0.4, -0.2) is 17.9 Å². The Labute approximate surface area is 101 Å². The standard InChI is InChI=1S/C14H14N2O/c1-10-4-3-5-11(8-10)12-6-7-13(16-9-12)14(17)15-2/h3-9H,1-2H3,(H,15,17). The lowest BCUT2D eigenvalue weighted by Gasteiger charge is -2.03. The van der Waals surface area contributed by atoms with Crippen molar-refractivity contribution in [1.82, 2.24) is 10.3 Å². The second-order valence-corrected chi connectivity index (χ2v) is 3.88. The smallest absolute Gasteiger partial charge is 0.269 e. The van der Waals surface area contributed by atoms with E-state index in [9.17, 15) is 4.79 Å². The molecule has 0 spiro atoms. The fraction of sp³-hybridized carbons (Fsp3) is 0.143. The number of hydrogen-bond acceptors (Lipinski definition) is 2. The van der Waals surface area contributed by atoms with E-state index in [0.29, 0.717) is 5.69 Å². The molecular weight excluding hydrogens is 212 g/mol. The Balaban J connectivity index is 2.32. The third kappa shape index (κ3) is 2.50. The van der Waals surface area contributed by atoms with E-state index in [1.54, 1.807) is 19.3 Å². The fourth-order valence-corrected chi connectivity index (χ4v) is 1.65. The maximum atomic E-state index is 11.3. The van der Waals surface area contributed by atoms with Gasteiger partial charge in [0.2, 0.25) is 0 Å². The number of hydrogen-bond donors (Lipinski definition) is 1. The van der Waals surface area contributed by atoms with E-state index in [1.807, 2.05) is 18.2 Å². The minimum Gasteiger partial charge on any atom is -0.354 e. The lowest BCUT2D eigenvalue weighted by atomic mass is 10.1. The molecule has 1 aromatic carbocycles. The van der Waals surface area contributed by atoms with Gasteiger partial charge in [-0.1, -0.05) is 35.9 Å². The Kier molecular flexibility index (Phi) is 3.19. The van der Waals surface area contributed by atoms with Crippen LogP contribution in [0.5, 0.6) is 0 Å². The van der Waals surface area contributed by atoms with Crippen LogP contribution in [0.25, 0.3) is 11.1 Å². The summed E-state index contributed by atoms with van der Waals surface area (Å²) in [6.07, 6.45) is 1.72. The zero-order valence-corrected chi connectivity index (χ0v) is 9.90. The van der Waals surface area contributed by atoms with Gasteiger partial charge in [0.25, 0.3) is 5.91 Å². The Morgan fingerprint density at radius 2 is 2.00 bits per heavy atom. The molecule has 0 aliphatic heterocycles. The average Bonchev–Trinajstić information content (AvgIpc) is 2.38. The summed E-state index contributed by atoms with van der Waals surface area (Å²) >= 11 is 0. The van der Waals surface area contributed by atoms with Crippen LogP contribution in [0.15, 0.2) is 42.6 Å². The number of aryl methyl sites for hydroxylation is 1. The summed E-state index contributed by atoms with van der Waals surface area (Å²) in [6.45, 7) is 2.05. The fourth-order valence-electron chi connectivity index (χ4n) is 1.65. The van der Waals surface area contributed by atoms with Gasteiger partial charge in [0.05, 0.1) is 0 Å². The molecule has 2 rings (SSSR count). The van der Waals surface area contributed by atoms with Crippen LogP contribution in [0.3, 0.4) is 0 Å². The topological polar surface area (TPSA) is 42.0 Å². The molecule has 0 radical (unpaired) electrons. The zero-order chi connectivity index (χ0) is 12.3. The van der Waals surface area contributed by atoms with Crippen molar-refractivity contribution in [2.24, 2.45) is 0 Å². The van der Waals surface area contributed by atoms with Gasteiger partial charge in [0.15, 0.2) is 0 Å². The molecule has 0 unspecified atom stereocenters. The number of carbonyl (C=O) groups is 1. The minimum absolute atomic E-state index is 0.166. The van der Waals surface area contributed by atoms with E-state index in [1.165, 1.54) is 5.56 Å². The number of pyridine rings is 1. The van der Waals surface area contributed by atoms with E-state index in [-0.39, 0.29) is 5.91 Å². The molecule has 17 heavy (non-hydrogen) atoms. The SMILES string of the molecule is CNC(=O)c1ccc(-c2cccc(C)c2)cn1. The van der Waals surface area contributed by atoms with Crippen molar-refractivity contribution in [3.05, 3.63) is 53.9 Å². The molecule has 3 nitrogen and oxygen atoms in total. The van der Waals surface area contributed by atoms with E-state index in [2.05, 4.69) is 29.4 Å². The lowest BCUT2D eigenvalue weighted by molar-refractivity contribution is 0.0958. The molecule has 0 bridgehead atoms. The monoisotopic (exact) mass is 226 g/mol. The number of carbonyl (C=O) groups excluding carboxylic acids is 1. The number of aromatic nitrogens is 1. The summed E-state index contributed by atoms with van der Waals surface area (Å²) in [5.41, 5.74) is 3.77. The van der Waals surface area contributed by atoms with Gasteiger partial charge in [-0.3, -0.25) is 9.78 Å². The van der Waals surface area contributed by atoms with Crippen LogP contribution in [0.4, 0.5) is 0 Å². The second kappa shape index (κ2) is 4.78. The number of nitrogens with one attached hydrogen (secondary N) is 1. The number of rotatable bonds is 2. The van der Waals surface area contributed by atoms with Crippen LogP contribution in [0, 0.1) is 6.92 Å².